The summed E-state index contributed by atoms with van der Waals surface area (Å²) >= 11 is 0. The lowest BCUT2D eigenvalue weighted by molar-refractivity contribution is -0.384. The van der Waals surface area contributed by atoms with Crippen LogP contribution >= 0.6 is 0 Å². The zero-order valence-corrected chi connectivity index (χ0v) is 16.1. The van der Waals surface area contributed by atoms with E-state index in [0.29, 0.717) is 22.8 Å². The van der Waals surface area contributed by atoms with Crippen LogP contribution in [0.15, 0.2) is 54.9 Å². The summed E-state index contributed by atoms with van der Waals surface area (Å²) in [5.74, 6) is 0.137. The molecule has 0 saturated heterocycles. The smallest absolute Gasteiger partial charge is 0.269 e. The molecule has 0 aliphatic rings. The standard InChI is InChI=1S/C19H16N8O3/c1-12-9-14(3-8-17(12)25-11-20-23-24-25)19(28)21-18-10-13(2)22-26(18)15-4-6-16(7-5-15)27(29)30/h3-11H,1-2H3,(H,21,28). The van der Waals surface area contributed by atoms with Crippen molar-refractivity contribution in [2.45, 2.75) is 13.8 Å². The second-order valence-corrected chi connectivity index (χ2v) is 6.57. The van der Waals surface area contributed by atoms with Gasteiger partial charge >= 0.3 is 0 Å². The molecule has 2 heterocycles. The molecule has 0 spiro atoms. The molecule has 30 heavy (non-hydrogen) atoms. The Morgan fingerprint density at radius 3 is 2.50 bits per heavy atom. The molecule has 0 bridgehead atoms. The number of tetrazole rings is 1. The van der Waals surface area contributed by atoms with E-state index in [9.17, 15) is 14.9 Å². The van der Waals surface area contributed by atoms with E-state index in [1.807, 2.05) is 6.92 Å². The number of carbonyl (C=O) groups is 1. The average Bonchev–Trinajstić information content (AvgIpc) is 3.38. The van der Waals surface area contributed by atoms with Gasteiger partial charge in [0.1, 0.15) is 12.1 Å². The second-order valence-electron chi connectivity index (χ2n) is 6.57. The van der Waals surface area contributed by atoms with E-state index in [1.165, 1.54) is 27.8 Å². The molecule has 0 aliphatic heterocycles. The van der Waals surface area contributed by atoms with Crippen molar-refractivity contribution < 1.29 is 9.72 Å². The maximum absolute atomic E-state index is 12.8. The Bertz CT molecular complexity index is 1230. The highest BCUT2D eigenvalue weighted by molar-refractivity contribution is 6.04. The van der Waals surface area contributed by atoms with E-state index < -0.39 is 4.92 Å². The molecule has 1 N–H and O–H groups in total. The van der Waals surface area contributed by atoms with Gasteiger partial charge in [-0.25, -0.2) is 9.36 Å². The van der Waals surface area contributed by atoms with Gasteiger partial charge in [0.2, 0.25) is 0 Å². The minimum Gasteiger partial charge on any atom is -0.306 e. The summed E-state index contributed by atoms with van der Waals surface area (Å²) < 4.78 is 3.04. The molecule has 0 radical (unpaired) electrons. The molecule has 0 atom stereocenters. The van der Waals surface area contributed by atoms with Crippen molar-refractivity contribution in [3.8, 4) is 11.4 Å². The first kappa shape index (κ1) is 18.9. The number of nitrogens with one attached hydrogen (secondary N) is 1. The predicted octanol–water partition coefficient (Wildman–Crippen LogP) is 2.63. The fourth-order valence-corrected chi connectivity index (χ4v) is 3.01. The summed E-state index contributed by atoms with van der Waals surface area (Å²) in [5, 5.41) is 29.2. The lowest BCUT2D eigenvalue weighted by atomic mass is 10.1. The highest BCUT2D eigenvalue weighted by Gasteiger charge is 2.15. The summed E-state index contributed by atoms with van der Waals surface area (Å²) in [7, 11) is 0. The fraction of sp³-hybridized carbons (Fsp3) is 0.105. The SMILES string of the molecule is Cc1cc(NC(=O)c2ccc(-n3cnnn3)c(C)c2)n(-c2ccc([N+](=O)[O-])cc2)n1. The Kier molecular flexibility index (Phi) is 4.76. The van der Waals surface area contributed by atoms with Crippen LogP contribution in [0.2, 0.25) is 0 Å². The number of nitro groups is 1. The Morgan fingerprint density at radius 2 is 1.87 bits per heavy atom. The number of benzene rings is 2. The lowest BCUT2D eigenvalue weighted by Crippen LogP contribution is -2.15. The van der Waals surface area contributed by atoms with E-state index in [-0.39, 0.29) is 11.6 Å². The number of carbonyl (C=O) groups excluding carboxylic acids is 1. The molecular formula is C19H16N8O3. The van der Waals surface area contributed by atoms with E-state index in [4.69, 9.17) is 0 Å². The molecule has 0 unspecified atom stereocenters. The topological polar surface area (TPSA) is 134 Å². The molecule has 0 aliphatic carbocycles. The van der Waals surface area contributed by atoms with Gasteiger partial charge in [-0.1, -0.05) is 0 Å². The summed E-state index contributed by atoms with van der Waals surface area (Å²) in [6, 6.07) is 12.8. The Labute approximate surface area is 170 Å². The molecular weight excluding hydrogens is 388 g/mol. The van der Waals surface area contributed by atoms with Crippen LogP contribution in [0.25, 0.3) is 11.4 Å². The number of amides is 1. The minimum atomic E-state index is -0.470. The van der Waals surface area contributed by atoms with Crippen LogP contribution in [-0.4, -0.2) is 40.8 Å². The quantitative estimate of drug-likeness (QED) is 0.399. The molecule has 4 rings (SSSR count). The van der Waals surface area contributed by atoms with Gasteiger partial charge in [-0.3, -0.25) is 14.9 Å². The Hall–Kier alpha value is -4.41. The number of hydrogen-bond acceptors (Lipinski definition) is 7. The van der Waals surface area contributed by atoms with Gasteiger partial charge < -0.3 is 5.32 Å². The first-order chi connectivity index (χ1) is 14.4. The number of anilines is 1. The van der Waals surface area contributed by atoms with E-state index >= 15 is 0 Å². The molecule has 150 valence electrons. The van der Waals surface area contributed by atoms with Gasteiger partial charge in [0, 0.05) is 23.8 Å². The van der Waals surface area contributed by atoms with Crippen molar-refractivity contribution in [3.05, 3.63) is 81.8 Å². The molecule has 4 aromatic rings. The van der Waals surface area contributed by atoms with E-state index in [2.05, 4.69) is 25.9 Å². The van der Waals surface area contributed by atoms with Crippen molar-refractivity contribution in [2.75, 3.05) is 5.32 Å². The average molecular weight is 404 g/mol. The third-order valence-electron chi connectivity index (χ3n) is 4.43. The lowest BCUT2D eigenvalue weighted by Gasteiger charge is -2.10. The van der Waals surface area contributed by atoms with Crippen molar-refractivity contribution in [1.82, 2.24) is 30.0 Å². The normalized spacial score (nSPS) is 10.7. The molecule has 0 saturated carbocycles. The third kappa shape index (κ3) is 3.63. The molecule has 11 nitrogen and oxygen atoms in total. The van der Waals surface area contributed by atoms with E-state index in [1.54, 1.807) is 43.3 Å². The van der Waals surface area contributed by atoms with Crippen LogP contribution in [0.3, 0.4) is 0 Å². The van der Waals surface area contributed by atoms with Crippen LogP contribution in [-0.2, 0) is 0 Å². The number of hydrogen-bond donors (Lipinski definition) is 1. The third-order valence-corrected chi connectivity index (χ3v) is 4.43. The zero-order valence-electron chi connectivity index (χ0n) is 16.1. The zero-order chi connectivity index (χ0) is 21.3. The molecule has 11 heteroatoms. The monoisotopic (exact) mass is 404 g/mol. The fourth-order valence-electron chi connectivity index (χ4n) is 3.01. The predicted molar refractivity (Wildman–Crippen MR) is 107 cm³/mol. The summed E-state index contributed by atoms with van der Waals surface area (Å²) in [5.41, 5.74) is 3.31. The molecule has 2 aromatic carbocycles. The van der Waals surface area contributed by atoms with Crippen molar-refractivity contribution in [1.29, 1.82) is 0 Å². The summed E-state index contributed by atoms with van der Waals surface area (Å²) in [6.07, 6.45) is 1.48. The van der Waals surface area contributed by atoms with Crippen LogP contribution in [0.1, 0.15) is 21.6 Å². The van der Waals surface area contributed by atoms with Gasteiger partial charge in [0.25, 0.3) is 11.6 Å². The van der Waals surface area contributed by atoms with E-state index in [0.717, 1.165) is 11.3 Å². The number of non-ortho nitro benzene ring substituents is 1. The first-order valence-corrected chi connectivity index (χ1v) is 8.89. The van der Waals surface area contributed by atoms with Gasteiger partial charge in [-0.2, -0.15) is 5.10 Å². The van der Waals surface area contributed by atoms with Gasteiger partial charge in [0.05, 0.1) is 22.0 Å². The highest BCUT2D eigenvalue weighted by Crippen LogP contribution is 2.21. The van der Waals surface area contributed by atoms with Crippen LogP contribution in [0.4, 0.5) is 11.5 Å². The number of aryl methyl sites for hydroxylation is 2. The maximum atomic E-state index is 12.8. The van der Waals surface area contributed by atoms with Crippen LogP contribution < -0.4 is 5.32 Å². The molecule has 1 amide bonds. The van der Waals surface area contributed by atoms with Gasteiger partial charge in [-0.15, -0.1) is 5.10 Å². The number of nitro benzene ring substituents is 1. The largest absolute Gasteiger partial charge is 0.306 e. The maximum Gasteiger partial charge on any atom is 0.269 e. The minimum absolute atomic E-state index is 0.0219. The number of aromatic nitrogens is 6. The summed E-state index contributed by atoms with van der Waals surface area (Å²) in [6.45, 7) is 3.65. The summed E-state index contributed by atoms with van der Waals surface area (Å²) in [4.78, 5) is 23.2. The van der Waals surface area contributed by atoms with Crippen molar-refractivity contribution in [3.63, 3.8) is 0 Å². The Balaban J connectivity index is 1.60. The van der Waals surface area contributed by atoms with Gasteiger partial charge in [-0.05, 0) is 60.2 Å². The number of rotatable bonds is 5. The molecule has 2 aromatic heterocycles. The molecule has 0 fully saturated rings. The second kappa shape index (κ2) is 7.54. The number of nitrogens with zero attached hydrogens (tertiary/aromatic N) is 7. The Morgan fingerprint density at radius 1 is 1.10 bits per heavy atom. The van der Waals surface area contributed by atoms with Gasteiger partial charge in [0.15, 0.2) is 0 Å². The van der Waals surface area contributed by atoms with Crippen molar-refractivity contribution in [2.24, 2.45) is 0 Å². The van der Waals surface area contributed by atoms with Crippen LogP contribution in [0.5, 0.6) is 0 Å². The first-order valence-electron chi connectivity index (χ1n) is 8.89. The van der Waals surface area contributed by atoms with Crippen molar-refractivity contribution >= 4 is 17.4 Å². The van der Waals surface area contributed by atoms with Crippen LogP contribution in [0, 0.1) is 24.0 Å². The highest BCUT2D eigenvalue weighted by atomic mass is 16.6.